The molecule has 0 bridgehead atoms. The summed E-state index contributed by atoms with van der Waals surface area (Å²) in [7, 11) is 3.87. The summed E-state index contributed by atoms with van der Waals surface area (Å²) in [4.78, 5) is 25.5. The fraction of sp³-hybridized carbons (Fsp3) is 0.385. The van der Waals surface area contributed by atoms with Crippen LogP contribution in [0, 0.1) is 0 Å². The van der Waals surface area contributed by atoms with E-state index in [2.05, 4.69) is 0 Å². The number of carbonyl (C=O) groups excluding carboxylic acids is 1. The maximum Gasteiger partial charge on any atom is 0.305 e. The highest BCUT2D eigenvalue weighted by molar-refractivity contribution is 5.92. The molecule has 0 aliphatic heterocycles. The minimum absolute atomic E-state index is 0.0605. The van der Waals surface area contributed by atoms with E-state index in [0.29, 0.717) is 5.69 Å². The molecule has 0 fully saturated rings. The van der Waals surface area contributed by atoms with Crippen LogP contribution >= 0.6 is 0 Å². The zero-order valence-corrected chi connectivity index (χ0v) is 10.9. The molecule has 0 radical (unpaired) electrons. The zero-order valence-electron chi connectivity index (χ0n) is 10.9. The van der Waals surface area contributed by atoms with Crippen LogP contribution in [-0.4, -0.2) is 37.6 Å². The van der Waals surface area contributed by atoms with Gasteiger partial charge in [-0.3, -0.25) is 9.59 Å². The maximum atomic E-state index is 11.5. The van der Waals surface area contributed by atoms with Gasteiger partial charge in [-0.2, -0.15) is 0 Å². The van der Waals surface area contributed by atoms with E-state index < -0.39 is 5.97 Å². The normalized spacial score (nSPS) is 9.94. The van der Waals surface area contributed by atoms with Crippen molar-refractivity contribution in [1.29, 1.82) is 0 Å². The van der Waals surface area contributed by atoms with Gasteiger partial charge < -0.3 is 14.9 Å². The molecule has 0 spiro atoms. The molecule has 1 N–H and O–H groups in total. The van der Waals surface area contributed by atoms with Crippen molar-refractivity contribution < 1.29 is 14.7 Å². The average molecular weight is 250 g/mol. The van der Waals surface area contributed by atoms with Crippen LogP contribution in [0.25, 0.3) is 0 Å². The molecular weight excluding hydrogens is 232 g/mol. The number of aliphatic carboxylic acids is 1. The first-order valence-electron chi connectivity index (χ1n) is 5.69. The Kier molecular flexibility index (Phi) is 4.71. The van der Waals surface area contributed by atoms with Crippen LogP contribution in [0.3, 0.4) is 0 Å². The van der Waals surface area contributed by atoms with E-state index >= 15 is 0 Å². The van der Waals surface area contributed by atoms with E-state index in [-0.39, 0.29) is 18.9 Å². The van der Waals surface area contributed by atoms with Gasteiger partial charge in [-0.25, -0.2) is 0 Å². The molecule has 0 aliphatic carbocycles. The molecule has 0 aromatic heterocycles. The SMILES string of the molecule is CC(=O)N(CCC(=O)O)c1ccc(N(C)C)cc1. The number of nitrogens with zero attached hydrogens (tertiary/aromatic N) is 2. The number of rotatable bonds is 5. The lowest BCUT2D eigenvalue weighted by Gasteiger charge is -2.21. The van der Waals surface area contributed by atoms with Crippen molar-refractivity contribution in [3.8, 4) is 0 Å². The molecule has 1 aromatic carbocycles. The van der Waals surface area contributed by atoms with Crippen LogP contribution in [0.2, 0.25) is 0 Å². The van der Waals surface area contributed by atoms with Gasteiger partial charge >= 0.3 is 5.97 Å². The third-order valence-corrected chi connectivity index (χ3v) is 2.61. The first kappa shape index (κ1) is 14.0. The first-order chi connectivity index (χ1) is 8.41. The summed E-state index contributed by atoms with van der Waals surface area (Å²) in [6.45, 7) is 1.62. The number of carboxylic acid groups (broad SMARTS) is 1. The van der Waals surface area contributed by atoms with Crippen LogP contribution in [0.15, 0.2) is 24.3 Å². The van der Waals surface area contributed by atoms with E-state index in [1.54, 1.807) is 0 Å². The fourth-order valence-electron chi connectivity index (χ4n) is 1.61. The second-order valence-electron chi connectivity index (χ2n) is 4.23. The monoisotopic (exact) mass is 250 g/mol. The zero-order chi connectivity index (χ0) is 13.7. The van der Waals surface area contributed by atoms with Gasteiger partial charge in [-0.05, 0) is 24.3 Å². The highest BCUT2D eigenvalue weighted by atomic mass is 16.4. The minimum Gasteiger partial charge on any atom is -0.481 e. The molecule has 1 rings (SSSR count). The molecule has 0 saturated heterocycles. The molecule has 0 saturated carbocycles. The van der Waals surface area contributed by atoms with Gasteiger partial charge in [0.15, 0.2) is 0 Å². The Balaban J connectivity index is 2.85. The molecule has 0 heterocycles. The van der Waals surface area contributed by atoms with E-state index in [9.17, 15) is 9.59 Å². The largest absolute Gasteiger partial charge is 0.481 e. The van der Waals surface area contributed by atoms with Crippen molar-refractivity contribution in [2.75, 3.05) is 30.4 Å². The first-order valence-corrected chi connectivity index (χ1v) is 5.69. The minimum atomic E-state index is -0.911. The Bertz CT molecular complexity index is 426. The highest BCUT2D eigenvalue weighted by Gasteiger charge is 2.12. The number of carboxylic acids is 1. The molecular formula is C13H18N2O3. The summed E-state index contributed by atoms with van der Waals surface area (Å²) in [5, 5.41) is 8.66. The van der Waals surface area contributed by atoms with Crippen LogP contribution in [0.1, 0.15) is 13.3 Å². The van der Waals surface area contributed by atoms with Gasteiger partial charge in [0.2, 0.25) is 5.91 Å². The summed E-state index contributed by atoms with van der Waals surface area (Å²) < 4.78 is 0. The summed E-state index contributed by atoms with van der Waals surface area (Å²) >= 11 is 0. The predicted molar refractivity (Wildman–Crippen MR) is 71.0 cm³/mol. The van der Waals surface area contributed by atoms with Crippen LogP contribution < -0.4 is 9.80 Å². The Labute approximate surface area is 107 Å². The lowest BCUT2D eigenvalue weighted by molar-refractivity contribution is -0.136. The summed E-state index contributed by atoms with van der Waals surface area (Å²) in [5.41, 5.74) is 1.75. The summed E-state index contributed by atoms with van der Waals surface area (Å²) in [5.74, 6) is -1.07. The van der Waals surface area contributed by atoms with Crippen LogP contribution in [0.4, 0.5) is 11.4 Å². The number of hydrogen-bond acceptors (Lipinski definition) is 3. The third-order valence-electron chi connectivity index (χ3n) is 2.61. The third kappa shape index (κ3) is 3.76. The molecule has 5 heteroatoms. The van der Waals surface area contributed by atoms with Gasteiger partial charge in [0.25, 0.3) is 0 Å². The van der Waals surface area contributed by atoms with Gasteiger partial charge in [0.1, 0.15) is 0 Å². The molecule has 5 nitrogen and oxygen atoms in total. The topological polar surface area (TPSA) is 60.9 Å². The van der Waals surface area contributed by atoms with E-state index in [1.807, 2.05) is 43.3 Å². The molecule has 0 aliphatic rings. The standard InChI is InChI=1S/C13H18N2O3/c1-10(16)15(9-8-13(17)18)12-6-4-11(5-7-12)14(2)3/h4-7H,8-9H2,1-3H3,(H,17,18). The smallest absolute Gasteiger partial charge is 0.305 e. The Morgan fingerprint density at radius 3 is 2.00 bits per heavy atom. The van der Waals surface area contributed by atoms with Crippen molar-refractivity contribution in [3.05, 3.63) is 24.3 Å². The second kappa shape index (κ2) is 6.05. The van der Waals surface area contributed by atoms with Crippen LogP contribution in [0.5, 0.6) is 0 Å². The Morgan fingerprint density at radius 2 is 1.61 bits per heavy atom. The molecule has 1 aromatic rings. The van der Waals surface area contributed by atoms with E-state index in [4.69, 9.17) is 5.11 Å². The number of anilines is 2. The number of carbonyl (C=O) groups is 2. The molecule has 18 heavy (non-hydrogen) atoms. The lowest BCUT2D eigenvalue weighted by Crippen LogP contribution is -2.30. The van der Waals surface area contributed by atoms with E-state index in [0.717, 1.165) is 5.69 Å². The molecule has 98 valence electrons. The van der Waals surface area contributed by atoms with Crippen molar-refractivity contribution >= 4 is 23.3 Å². The molecule has 0 unspecified atom stereocenters. The lowest BCUT2D eigenvalue weighted by atomic mass is 10.2. The van der Waals surface area contributed by atoms with Gasteiger partial charge in [0.05, 0.1) is 6.42 Å². The van der Waals surface area contributed by atoms with Crippen molar-refractivity contribution in [2.24, 2.45) is 0 Å². The second-order valence-corrected chi connectivity index (χ2v) is 4.23. The van der Waals surface area contributed by atoms with Gasteiger partial charge in [-0.1, -0.05) is 0 Å². The highest BCUT2D eigenvalue weighted by Crippen LogP contribution is 2.19. The maximum absolute atomic E-state index is 11.5. The number of benzene rings is 1. The Morgan fingerprint density at radius 1 is 1.11 bits per heavy atom. The number of amides is 1. The molecule has 0 atom stereocenters. The summed E-state index contributed by atoms with van der Waals surface area (Å²) in [6, 6.07) is 7.43. The average Bonchev–Trinajstić information content (AvgIpc) is 2.29. The quantitative estimate of drug-likeness (QED) is 0.862. The Hall–Kier alpha value is -2.04. The number of hydrogen-bond donors (Lipinski definition) is 1. The van der Waals surface area contributed by atoms with Crippen LogP contribution in [-0.2, 0) is 9.59 Å². The van der Waals surface area contributed by atoms with Crippen molar-refractivity contribution in [1.82, 2.24) is 0 Å². The van der Waals surface area contributed by atoms with E-state index in [1.165, 1.54) is 11.8 Å². The van der Waals surface area contributed by atoms with Gasteiger partial charge in [0, 0.05) is 38.9 Å². The molecule has 1 amide bonds. The fourth-order valence-corrected chi connectivity index (χ4v) is 1.61. The van der Waals surface area contributed by atoms with Crippen molar-refractivity contribution in [2.45, 2.75) is 13.3 Å². The predicted octanol–water partition coefficient (Wildman–Crippen LogP) is 1.58. The van der Waals surface area contributed by atoms with Gasteiger partial charge in [-0.15, -0.1) is 0 Å². The van der Waals surface area contributed by atoms with Crippen molar-refractivity contribution in [3.63, 3.8) is 0 Å². The summed E-state index contributed by atoms with van der Waals surface area (Å²) in [6.07, 6.45) is -0.0605.